The van der Waals surface area contributed by atoms with E-state index in [2.05, 4.69) is 17.4 Å². The maximum absolute atomic E-state index is 5.63. The number of rotatable bonds is 1. The SMILES string of the molecule is CC1=C(C)OC(c2ccccc2)N1. The lowest BCUT2D eigenvalue weighted by molar-refractivity contribution is 0.130. The van der Waals surface area contributed by atoms with E-state index < -0.39 is 0 Å². The van der Waals surface area contributed by atoms with E-state index in [0.717, 1.165) is 11.5 Å². The van der Waals surface area contributed by atoms with E-state index in [1.807, 2.05) is 32.0 Å². The molecule has 1 N–H and O–H groups in total. The predicted molar refractivity (Wildman–Crippen MR) is 51.8 cm³/mol. The van der Waals surface area contributed by atoms with Gasteiger partial charge in [-0.3, -0.25) is 0 Å². The van der Waals surface area contributed by atoms with Crippen molar-refractivity contribution in [3.05, 3.63) is 47.4 Å². The number of ether oxygens (including phenoxy) is 1. The van der Waals surface area contributed by atoms with Gasteiger partial charge in [-0.15, -0.1) is 0 Å². The summed E-state index contributed by atoms with van der Waals surface area (Å²) in [5.74, 6) is 0.980. The maximum atomic E-state index is 5.63. The van der Waals surface area contributed by atoms with Gasteiger partial charge < -0.3 is 10.1 Å². The molecule has 2 nitrogen and oxygen atoms in total. The fourth-order valence-electron chi connectivity index (χ4n) is 1.37. The highest BCUT2D eigenvalue weighted by molar-refractivity contribution is 5.21. The van der Waals surface area contributed by atoms with Crippen LogP contribution in [0.3, 0.4) is 0 Å². The molecule has 1 aromatic rings. The van der Waals surface area contributed by atoms with Gasteiger partial charge in [0.1, 0.15) is 5.76 Å². The lowest BCUT2D eigenvalue weighted by atomic mass is 10.2. The van der Waals surface area contributed by atoms with Crippen LogP contribution in [-0.2, 0) is 4.74 Å². The summed E-state index contributed by atoms with van der Waals surface area (Å²) in [6.45, 7) is 4.00. The Bertz CT molecular complexity index is 315. The zero-order valence-corrected chi connectivity index (χ0v) is 7.87. The van der Waals surface area contributed by atoms with Gasteiger partial charge >= 0.3 is 0 Å². The summed E-state index contributed by atoms with van der Waals surface area (Å²) in [6.07, 6.45) is 0.00111. The van der Waals surface area contributed by atoms with Crippen molar-refractivity contribution >= 4 is 0 Å². The molecule has 0 radical (unpaired) electrons. The van der Waals surface area contributed by atoms with Crippen molar-refractivity contribution in [2.24, 2.45) is 0 Å². The van der Waals surface area contributed by atoms with Crippen molar-refractivity contribution in [1.82, 2.24) is 5.32 Å². The fraction of sp³-hybridized carbons (Fsp3) is 0.273. The lowest BCUT2D eigenvalue weighted by Crippen LogP contribution is -2.13. The van der Waals surface area contributed by atoms with E-state index >= 15 is 0 Å². The molecular formula is C11H13NO. The van der Waals surface area contributed by atoms with Crippen molar-refractivity contribution in [2.45, 2.75) is 20.1 Å². The minimum Gasteiger partial charge on any atom is -0.469 e. The number of allylic oxidation sites excluding steroid dienone is 2. The van der Waals surface area contributed by atoms with Gasteiger partial charge in [0.15, 0.2) is 6.23 Å². The molecule has 1 aromatic carbocycles. The first-order chi connectivity index (χ1) is 6.27. The van der Waals surface area contributed by atoms with Gasteiger partial charge in [0.25, 0.3) is 0 Å². The second-order valence-corrected chi connectivity index (χ2v) is 3.23. The second kappa shape index (κ2) is 3.13. The van der Waals surface area contributed by atoms with Crippen molar-refractivity contribution in [3.63, 3.8) is 0 Å². The fourth-order valence-corrected chi connectivity index (χ4v) is 1.37. The van der Waals surface area contributed by atoms with Crippen LogP contribution in [0.5, 0.6) is 0 Å². The molecule has 1 aliphatic rings. The average Bonchev–Trinajstić information content (AvgIpc) is 2.49. The minimum atomic E-state index is 0.00111. The second-order valence-electron chi connectivity index (χ2n) is 3.23. The Morgan fingerprint density at radius 2 is 1.85 bits per heavy atom. The topological polar surface area (TPSA) is 21.3 Å². The van der Waals surface area contributed by atoms with Gasteiger partial charge in [0.05, 0.1) is 0 Å². The van der Waals surface area contributed by atoms with Crippen LogP contribution in [0.15, 0.2) is 41.8 Å². The highest BCUT2D eigenvalue weighted by Gasteiger charge is 2.19. The zero-order valence-electron chi connectivity index (χ0n) is 7.87. The van der Waals surface area contributed by atoms with E-state index in [1.54, 1.807) is 0 Å². The lowest BCUT2D eigenvalue weighted by Gasteiger charge is -2.12. The molecule has 1 aliphatic heterocycles. The third-order valence-corrected chi connectivity index (χ3v) is 2.27. The van der Waals surface area contributed by atoms with E-state index in [9.17, 15) is 0 Å². The molecule has 0 saturated heterocycles. The third kappa shape index (κ3) is 1.52. The van der Waals surface area contributed by atoms with Crippen LogP contribution in [-0.4, -0.2) is 0 Å². The largest absolute Gasteiger partial charge is 0.469 e. The van der Waals surface area contributed by atoms with Crippen molar-refractivity contribution in [3.8, 4) is 0 Å². The van der Waals surface area contributed by atoms with Crippen LogP contribution >= 0.6 is 0 Å². The first-order valence-corrected chi connectivity index (χ1v) is 4.43. The molecule has 2 rings (SSSR count). The van der Waals surface area contributed by atoms with Gasteiger partial charge in [-0.25, -0.2) is 0 Å². The van der Waals surface area contributed by atoms with Crippen molar-refractivity contribution in [2.75, 3.05) is 0 Å². The Hall–Kier alpha value is -1.44. The van der Waals surface area contributed by atoms with Crippen LogP contribution in [0.25, 0.3) is 0 Å². The monoisotopic (exact) mass is 175 g/mol. The molecule has 13 heavy (non-hydrogen) atoms. The zero-order chi connectivity index (χ0) is 9.26. The Morgan fingerprint density at radius 3 is 2.38 bits per heavy atom. The van der Waals surface area contributed by atoms with Gasteiger partial charge in [-0.1, -0.05) is 30.3 Å². The van der Waals surface area contributed by atoms with Gasteiger partial charge in [0, 0.05) is 11.3 Å². The first-order valence-electron chi connectivity index (χ1n) is 4.43. The summed E-state index contributed by atoms with van der Waals surface area (Å²) in [6, 6.07) is 10.2. The molecule has 0 saturated carbocycles. The highest BCUT2D eigenvalue weighted by Crippen LogP contribution is 2.25. The average molecular weight is 175 g/mol. The Balaban J connectivity index is 2.16. The molecule has 68 valence electrons. The molecular weight excluding hydrogens is 162 g/mol. The molecule has 0 aliphatic carbocycles. The van der Waals surface area contributed by atoms with E-state index in [1.165, 1.54) is 5.56 Å². The Kier molecular flexibility index (Phi) is 1.97. The number of benzene rings is 1. The van der Waals surface area contributed by atoms with E-state index in [4.69, 9.17) is 4.74 Å². The molecule has 1 heterocycles. The number of nitrogens with one attached hydrogen (secondary N) is 1. The normalized spacial score (nSPS) is 21.2. The summed E-state index contributed by atoms with van der Waals surface area (Å²) in [4.78, 5) is 0. The minimum absolute atomic E-state index is 0.00111. The molecule has 0 spiro atoms. The smallest absolute Gasteiger partial charge is 0.195 e. The maximum Gasteiger partial charge on any atom is 0.195 e. The van der Waals surface area contributed by atoms with Crippen LogP contribution in [0.2, 0.25) is 0 Å². The van der Waals surface area contributed by atoms with Crippen molar-refractivity contribution < 1.29 is 4.74 Å². The predicted octanol–water partition coefficient (Wildman–Crippen LogP) is 2.56. The van der Waals surface area contributed by atoms with Gasteiger partial charge in [0.2, 0.25) is 0 Å². The van der Waals surface area contributed by atoms with E-state index in [-0.39, 0.29) is 6.23 Å². The number of hydrogen-bond acceptors (Lipinski definition) is 2. The van der Waals surface area contributed by atoms with Crippen LogP contribution in [0, 0.1) is 0 Å². The molecule has 1 atom stereocenters. The molecule has 0 fully saturated rings. The summed E-state index contributed by atoms with van der Waals surface area (Å²) in [5.41, 5.74) is 2.28. The highest BCUT2D eigenvalue weighted by atomic mass is 16.5. The molecule has 2 heteroatoms. The quantitative estimate of drug-likeness (QED) is 0.708. The molecule has 0 bridgehead atoms. The third-order valence-electron chi connectivity index (χ3n) is 2.27. The van der Waals surface area contributed by atoms with Crippen LogP contribution < -0.4 is 5.32 Å². The standard InChI is InChI=1S/C11H13NO/c1-8-9(2)13-11(12-8)10-6-4-3-5-7-10/h3-7,11-12H,1-2H3. The van der Waals surface area contributed by atoms with Crippen LogP contribution in [0.1, 0.15) is 25.6 Å². The summed E-state index contributed by atoms with van der Waals surface area (Å²) in [5, 5.41) is 3.28. The van der Waals surface area contributed by atoms with Gasteiger partial charge in [-0.2, -0.15) is 0 Å². The summed E-state index contributed by atoms with van der Waals surface area (Å²) in [7, 11) is 0. The molecule has 1 unspecified atom stereocenters. The molecule has 0 aromatic heterocycles. The Morgan fingerprint density at radius 1 is 1.15 bits per heavy atom. The first kappa shape index (κ1) is 8.17. The summed E-state index contributed by atoms with van der Waals surface area (Å²) < 4.78 is 5.63. The summed E-state index contributed by atoms with van der Waals surface area (Å²) >= 11 is 0. The van der Waals surface area contributed by atoms with Gasteiger partial charge in [-0.05, 0) is 13.8 Å². The molecule has 0 amide bonds. The van der Waals surface area contributed by atoms with Crippen molar-refractivity contribution in [1.29, 1.82) is 0 Å². The Labute approximate surface area is 78.2 Å². The number of hydrogen-bond donors (Lipinski definition) is 1. The van der Waals surface area contributed by atoms with Crippen LogP contribution in [0.4, 0.5) is 0 Å². The van der Waals surface area contributed by atoms with E-state index in [0.29, 0.717) is 0 Å².